The van der Waals surface area contributed by atoms with Crippen molar-refractivity contribution >= 4 is 0 Å². The highest BCUT2D eigenvalue weighted by atomic mass is 19.1. The van der Waals surface area contributed by atoms with E-state index < -0.39 is 6.10 Å². The van der Waals surface area contributed by atoms with E-state index >= 15 is 0 Å². The summed E-state index contributed by atoms with van der Waals surface area (Å²) in [7, 11) is 0. The predicted octanol–water partition coefficient (Wildman–Crippen LogP) is 4.05. The van der Waals surface area contributed by atoms with Crippen LogP contribution in [0.15, 0.2) is 48.5 Å². The van der Waals surface area contributed by atoms with E-state index in [9.17, 15) is 9.50 Å². The van der Waals surface area contributed by atoms with Gasteiger partial charge in [-0.1, -0.05) is 55.8 Å². The van der Waals surface area contributed by atoms with Gasteiger partial charge in [-0.3, -0.25) is 0 Å². The summed E-state index contributed by atoms with van der Waals surface area (Å²) >= 11 is 0. The molecule has 2 aromatic carbocycles. The highest BCUT2D eigenvalue weighted by Crippen LogP contribution is 2.21. The van der Waals surface area contributed by atoms with Crippen molar-refractivity contribution < 1.29 is 9.50 Å². The molecule has 1 N–H and O–H groups in total. The molecule has 1 atom stereocenters. The molecule has 0 spiro atoms. The SMILES string of the molecule is CCCc1cccc(C(O)Cc2ccccc2F)c1. The quantitative estimate of drug-likeness (QED) is 0.857. The first-order valence-corrected chi connectivity index (χ1v) is 6.71. The molecule has 0 saturated carbocycles. The van der Waals surface area contributed by atoms with E-state index in [0.29, 0.717) is 12.0 Å². The van der Waals surface area contributed by atoms with Crippen molar-refractivity contribution in [3.63, 3.8) is 0 Å². The standard InChI is InChI=1S/C17H19FO/c1-2-6-13-7-5-9-15(11-13)17(19)12-14-8-3-4-10-16(14)18/h3-5,7-11,17,19H,2,6,12H2,1H3. The molecule has 1 unspecified atom stereocenters. The minimum atomic E-state index is -0.659. The molecule has 100 valence electrons. The molecule has 0 aliphatic heterocycles. The Labute approximate surface area is 113 Å². The number of benzene rings is 2. The van der Waals surface area contributed by atoms with Gasteiger partial charge >= 0.3 is 0 Å². The third kappa shape index (κ3) is 3.65. The molecule has 19 heavy (non-hydrogen) atoms. The van der Waals surface area contributed by atoms with Gasteiger partial charge in [-0.2, -0.15) is 0 Å². The van der Waals surface area contributed by atoms with E-state index in [1.807, 2.05) is 18.2 Å². The van der Waals surface area contributed by atoms with Crippen molar-refractivity contribution in [1.82, 2.24) is 0 Å². The second-order valence-electron chi connectivity index (χ2n) is 4.81. The smallest absolute Gasteiger partial charge is 0.126 e. The zero-order valence-corrected chi connectivity index (χ0v) is 11.1. The van der Waals surface area contributed by atoms with Gasteiger partial charge < -0.3 is 5.11 Å². The Morgan fingerprint density at radius 3 is 2.63 bits per heavy atom. The Balaban J connectivity index is 2.13. The third-order valence-electron chi connectivity index (χ3n) is 3.25. The second-order valence-corrected chi connectivity index (χ2v) is 4.81. The van der Waals surface area contributed by atoms with E-state index in [1.54, 1.807) is 18.2 Å². The van der Waals surface area contributed by atoms with E-state index in [2.05, 4.69) is 13.0 Å². The van der Waals surface area contributed by atoms with Crippen LogP contribution in [0, 0.1) is 5.82 Å². The summed E-state index contributed by atoms with van der Waals surface area (Å²) in [6, 6.07) is 14.5. The maximum Gasteiger partial charge on any atom is 0.126 e. The first kappa shape index (κ1) is 13.8. The maximum atomic E-state index is 13.6. The number of hydrogen-bond acceptors (Lipinski definition) is 1. The van der Waals surface area contributed by atoms with Gasteiger partial charge in [0, 0.05) is 6.42 Å². The number of halogens is 1. The fraction of sp³-hybridized carbons (Fsp3) is 0.294. The first-order valence-electron chi connectivity index (χ1n) is 6.71. The molecule has 2 aromatic rings. The summed E-state index contributed by atoms with van der Waals surface area (Å²) in [5.41, 5.74) is 2.62. The molecular weight excluding hydrogens is 239 g/mol. The van der Waals surface area contributed by atoms with Gasteiger partial charge in [-0.05, 0) is 29.2 Å². The van der Waals surface area contributed by atoms with E-state index in [-0.39, 0.29) is 5.82 Å². The number of aliphatic hydroxyl groups is 1. The molecule has 0 amide bonds. The minimum Gasteiger partial charge on any atom is -0.388 e. The minimum absolute atomic E-state index is 0.258. The normalized spacial score (nSPS) is 12.4. The van der Waals surface area contributed by atoms with Crippen molar-refractivity contribution in [2.75, 3.05) is 0 Å². The Kier molecular flexibility index (Phi) is 4.69. The molecular formula is C17H19FO. The lowest BCUT2D eigenvalue weighted by molar-refractivity contribution is 0.177. The summed E-state index contributed by atoms with van der Waals surface area (Å²) in [6.45, 7) is 2.13. The zero-order valence-electron chi connectivity index (χ0n) is 11.1. The molecule has 0 bridgehead atoms. The predicted molar refractivity (Wildman–Crippen MR) is 75.5 cm³/mol. The summed E-state index contributed by atoms with van der Waals surface area (Å²) in [4.78, 5) is 0. The number of aliphatic hydroxyl groups excluding tert-OH is 1. The Morgan fingerprint density at radius 1 is 1.11 bits per heavy atom. The van der Waals surface area contributed by atoms with Crippen molar-refractivity contribution in [2.24, 2.45) is 0 Å². The topological polar surface area (TPSA) is 20.2 Å². The van der Waals surface area contributed by atoms with Gasteiger partial charge in [-0.15, -0.1) is 0 Å². The van der Waals surface area contributed by atoms with Crippen molar-refractivity contribution in [3.05, 3.63) is 71.0 Å². The van der Waals surface area contributed by atoms with Crippen molar-refractivity contribution in [2.45, 2.75) is 32.3 Å². The first-order chi connectivity index (χ1) is 9.20. The fourth-order valence-electron chi connectivity index (χ4n) is 2.23. The summed E-state index contributed by atoms with van der Waals surface area (Å²) in [6.07, 6.45) is 1.73. The van der Waals surface area contributed by atoms with Gasteiger partial charge in [0.15, 0.2) is 0 Å². The molecule has 0 aliphatic rings. The molecule has 2 heteroatoms. The van der Waals surface area contributed by atoms with Crippen LogP contribution in [0.3, 0.4) is 0 Å². The molecule has 1 nitrogen and oxygen atoms in total. The highest BCUT2D eigenvalue weighted by molar-refractivity contribution is 5.27. The molecule has 0 fully saturated rings. The molecule has 0 radical (unpaired) electrons. The van der Waals surface area contributed by atoms with Gasteiger partial charge in [0.1, 0.15) is 5.82 Å². The molecule has 0 saturated heterocycles. The van der Waals surface area contributed by atoms with Crippen LogP contribution in [0.4, 0.5) is 4.39 Å². The van der Waals surface area contributed by atoms with Crippen LogP contribution in [-0.2, 0) is 12.8 Å². The van der Waals surface area contributed by atoms with Crippen LogP contribution in [0.1, 0.15) is 36.1 Å². The third-order valence-corrected chi connectivity index (χ3v) is 3.25. The average Bonchev–Trinajstić information content (AvgIpc) is 2.42. The largest absolute Gasteiger partial charge is 0.388 e. The average molecular weight is 258 g/mol. The lowest BCUT2D eigenvalue weighted by Gasteiger charge is -2.13. The summed E-state index contributed by atoms with van der Waals surface area (Å²) in [5, 5.41) is 10.2. The highest BCUT2D eigenvalue weighted by Gasteiger charge is 2.11. The van der Waals surface area contributed by atoms with Crippen molar-refractivity contribution in [3.8, 4) is 0 Å². The molecule has 0 aliphatic carbocycles. The maximum absolute atomic E-state index is 13.6. The van der Waals surface area contributed by atoms with Gasteiger partial charge in [0.05, 0.1) is 6.10 Å². The number of rotatable bonds is 5. The number of aryl methyl sites for hydroxylation is 1. The Bertz CT molecular complexity index is 536. The van der Waals surface area contributed by atoms with Crippen LogP contribution in [0.25, 0.3) is 0 Å². The van der Waals surface area contributed by atoms with Crippen LogP contribution in [0.5, 0.6) is 0 Å². The zero-order chi connectivity index (χ0) is 13.7. The van der Waals surface area contributed by atoms with Gasteiger partial charge in [-0.25, -0.2) is 4.39 Å². The molecule has 2 rings (SSSR count). The van der Waals surface area contributed by atoms with Crippen LogP contribution < -0.4 is 0 Å². The number of hydrogen-bond donors (Lipinski definition) is 1. The fourth-order valence-corrected chi connectivity index (χ4v) is 2.23. The van der Waals surface area contributed by atoms with Crippen molar-refractivity contribution in [1.29, 1.82) is 0 Å². The van der Waals surface area contributed by atoms with E-state index in [0.717, 1.165) is 18.4 Å². The van der Waals surface area contributed by atoms with Gasteiger partial charge in [0.2, 0.25) is 0 Å². The summed E-state index contributed by atoms with van der Waals surface area (Å²) < 4.78 is 13.6. The van der Waals surface area contributed by atoms with E-state index in [1.165, 1.54) is 11.6 Å². The monoisotopic (exact) mass is 258 g/mol. The van der Waals surface area contributed by atoms with Crippen LogP contribution in [-0.4, -0.2) is 5.11 Å². The molecule has 0 heterocycles. The van der Waals surface area contributed by atoms with E-state index in [4.69, 9.17) is 0 Å². The molecule has 0 aromatic heterocycles. The van der Waals surface area contributed by atoms with Crippen LogP contribution >= 0.6 is 0 Å². The second kappa shape index (κ2) is 6.48. The lowest BCUT2D eigenvalue weighted by atomic mass is 9.98. The summed E-state index contributed by atoms with van der Waals surface area (Å²) in [5.74, 6) is -0.258. The Hall–Kier alpha value is -1.67. The van der Waals surface area contributed by atoms with Crippen LogP contribution in [0.2, 0.25) is 0 Å². The van der Waals surface area contributed by atoms with Gasteiger partial charge in [0.25, 0.3) is 0 Å². The lowest BCUT2D eigenvalue weighted by Crippen LogP contribution is -2.04. The Morgan fingerprint density at radius 2 is 1.89 bits per heavy atom.